The van der Waals surface area contributed by atoms with Crippen molar-refractivity contribution in [1.82, 2.24) is 20.4 Å². The number of rotatable bonds is 6. The van der Waals surface area contributed by atoms with Gasteiger partial charge in [0.05, 0.1) is 0 Å². The van der Waals surface area contributed by atoms with Gasteiger partial charge in [-0.3, -0.25) is 9.89 Å². The first-order valence-corrected chi connectivity index (χ1v) is 10.8. The summed E-state index contributed by atoms with van der Waals surface area (Å²) >= 11 is 0. The summed E-state index contributed by atoms with van der Waals surface area (Å²) in [5.74, 6) is 1.76. The molecular weight excluding hydrogens is 310 g/mol. The summed E-state index contributed by atoms with van der Waals surface area (Å²) in [6.45, 7) is 12.5. The third-order valence-corrected chi connectivity index (χ3v) is 6.30. The van der Waals surface area contributed by atoms with E-state index in [9.17, 15) is 0 Å². The molecule has 2 aliphatic heterocycles. The number of hydrogen-bond donors (Lipinski definition) is 2. The zero-order valence-corrected chi connectivity index (χ0v) is 16.5. The first-order chi connectivity index (χ1) is 12.3. The van der Waals surface area contributed by atoms with Crippen LogP contribution in [0.25, 0.3) is 0 Å². The fourth-order valence-electron chi connectivity index (χ4n) is 4.83. The van der Waals surface area contributed by atoms with Gasteiger partial charge in [0.2, 0.25) is 0 Å². The van der Waals surface area contributed by atoms with Gasteiger partial charge in [-0.25, -0.2) is 0 Å². The van der Waals surface area contributed by atoms with Crippen molar-refractivity contribution in [2.75, 3.05) is 45.8 Å². The molecule has 3 rings (SSSR count). The second-order valence-electron chi connectivity index (χ2n) is 8.18. The van der Waals surface area contributed by atoms with Gasteiger partial charge < -0.3 is 15.5 Å². The van der Waals surface area contributed by atoms with E-state index >= 15 is 0 Å². The van der Waals surface area contributed by atoms with E-state index in [1.807, 2.05) is 0 Å². The molecule has 5 nitrogen and oxygen atoms in total. The topological polar surface area (TPSA) is 42.9 Å². The summed E-state index contributed by atoms with van der Waals surface area (Å²) in [5.41, 5.74) is 0. The van der Waals surface area contributed by atoms with Crippen LogP contribution in [0, 0.1) is 5.92 Å². The fraction of sp³-hybridized carbons (Fsp3) is 0.950. The molecule has 3 aliphatic rings. The van der Waals surface area contributed by atoms with E-state index in [0.29, 0.717) is 6.04 Å². The van der Waals surface area contributed by atoms with Crippen LogP contribution in [0.4, 0.5) is 0 Å². The SMILES string of the molecule is CCNC(=NCC1CCCN(CC)C1)NC1CCN(C2CCCC2)C1. The zero-order valence-electron chi connectivity index (χ0n) is 16.5. The number of guanidine groups is 1. The molecule has 1 aliphatic carbocycles. The number of hydrogen-bond acceptors (Lipinski definition) is 3. The fourth-order valence-corrected chi connectivity index (χ4v) is 4.83. The summed E-state index contributed by atoms with van der Waals surface area (Å²) in [4.78, 5) is 10.2. The molecule has 0 aromatic carbocycles. The molecule has 25 heavy (non-hydrogen) atoms. The number of nitrogens with one attached hydrogen (secondary N) is 2. The average Bonchev–Trinajstić information content (AvgIpc) is 3.31. The Morgan fingerprint density at radius 1 is 1.00 bits per heavy atom. The summed E-state index contributed by atoms with van der Waals surface area (Å²) in [7, 11) is 0. The lowest BCUT2D eigenvalue weighted by molar-refractivity contribution is 0.186. The van der Waals surface area contributed by atoms with Crippen molar-refractivity contribution in [1.29, 1.82) is 0 Å². The smallest absolute Gasteiger partial charge is 0.191 e. The second-order valence-corrected chi connectivity index (χ2v) is 8.18. The number of likely N-dealkylation sites (tertiary alicyclic amines) is 2. The Balaban J connectivity index is 1.47. The van der Waals surface area contributed by atoms with Crippen molar-refractivity contribution in [2.24, 2.45) is 10.9 Å². The Bertz CT molecular complexity index is 418. The molecule has 2 heterocycles. The highest BCUT2D eigenvalue weighted by Gasteiger charge is 2.30. The van der Waals surface area contributed by atoms with Crippen molar-refractivity contribution in [3.63, 3.8) is 0 Å². The lowest BCUT2D eigenvalue weighted by Crippen LogP contribution is -2.45. The van der Waals surface area contributed by atoms with Crippen LogP contribution in [-0.4, -0.2) is 73.7 Å². The molecule has 0 aromatic heterocycles. The zero-order chi connectivity index (χ0) is 17.5. The standard InChI is InChI=1S/C20H39N5/c1-3-21-20(22-14-17-8-7-12-24(4-2)15-17)23-18-11-13-25(16-18)19-9-5-6-10-19/h17-19H,3-16H2,1-2H3,(H2,21,22,23). The van der Waals surface area contributed by atoms with Gasteiger partial charge in [0.25, 0.3) is 0 Å². The lowest BCUT2D eigenvalue weighted by atomic mass is 9.98. The third kappa shape index (κ3) is 5.58. The van der Waals surface area contributed by atoms with E-state index < -0.39 is 0 Å². The molecular formula is C20H39N5. The minimum atomic E-state index is 0.567. The van der Waals surface area contributed by atoms with Crippen LogP contribution in [0.3, 0.4) is 0 Å². The monoisotopic (exact) mass is 349 g/mol. The molecule has 2 N–H and O–H groups in total. The van der Waals surface area contributed by atoms with Crippen molar-refractivity contribution in [3.8, 4) is 0 Å². The van der Waals surface area contributed by atoms with Gasteiger partial charge in [0, 0.05) is 44.8 Å². The lowest BCUT2D eigenvalue weighted by Gasteiger charge is -2.31. The van der Waals surface area contributed by atoms with Gasteiger partial charge in [-0.05, 0) is 58.0 Å². The number of aliphatic imine (C=N–C) groups is 1. The number of nitrogens with zero attached hydrogens (tertiary/aromatic N) is 3. The predicted molar refractivity (Wildman–Crippen MR) is 106 cm³/mol. The van der Waals surface area contributed by atoms with Gasteiger partial charge in [0.15, 0.2) is 5.96 Å². The highest BCUT2D eigenvalue weighted by molar-refractivity contribution is 5.80. The Kier molecular flexibility index (Phi) is 7.41. The summed E-state index contributed by atoms with van der Waals surface area (Å²) in [6.07, 6.45) is 9.61. The molecule has 0 spiro atoms. The minimum Gasteiger partial charge on any atom is -0.357 e. The first-order valence-electron chi connectivity index (χ1n) is 10.8. The molecule has 0 amide bonds. The molecule has 5 heteroatoms. The van der Waals surface area contributed by atoms with E-state index in [0.717, 1.165) is 31.0 Å². The minimum absolute atomic E-state index is 0.567. The largest absolute Gasteiger partial charge is 0.357 e. The van der Waals surface area contributed by atoms with Gasteiger partial charge in [-0.1, -0.05) is 19.8 Å². The average molecular weight is 350 g/mol. The van der Waals surface area contributed by atoms with E-state index in [1.165, 1.54) is 77.7 Å². The maximum Gasteiger partial charge on any atom is 0.191 e. The van der Waals surface area contributed by atoms with E-state index in [2.05, 4.69) is 34.3 Å². The van der Waals surface area contributed by atoms with Crippen LogP contribution in [0.2, 0.25) is 0 Å². The molecule has 0 radical (unpaired) electrons. The Morgan fingerprint density at radius 3 is 2.60 bits per heavy atom. The highest BCUT2D eigenvalue weighted by atomic mass is 15.3. The van der Waals surface area contributed by atoms with E-state index in [1.54, 1.807) is 0 Å². The van der Waals surface area contributed by atoms with Crippen LogP contribution in [0.1, 0.15) is 58.8 Å². The third-order valence-electron chi connectivity index (χ3n) is 6.30. The Labute approximate surface area is 154 Å². The van der Waals surface area contributed by atoms with Crippen LogP contribution >= 0.6 is 0 Å². The first kappa shape index (κ1) is 19.0. The quantitative estimate of drug-likeness (QED) is 0.570. The Morgan fingerprint density at radius 2 is 1.84 bits per heavy atom. The van der Waals surface area contributed by atoms with Crippen LogP contribution in [0.15, 0.2) is 4.99 Å². The second kappa shape index (κ2) is 9.77. The van der Waals surface area contributed by atoms with Gasteiger partial charge in [-0.2, -0.15) is 0 Å². The predicted octanol–water partition coefficient (Wildman–Crippen LogP) is 2.29. The highest BCUT2D eigenvalue weighted by Crippen LogP contribution is 2.26. The summed E-state index contributed by atoms with van der Waals surface area (Å²) in [6, 6.07) is 1.42. The van der Waals surface area contributed by atoms with Gasteiger partial charge >= 0.3 is 0 Å². The maximum absolute atomic E-state index is 4.94. The van der Waals surface area contributed by atoms with Crippen LogP contribution < -0.4 is 10.6 Å². The summed E-state index contributed by atoms with van der Waals surface area (Å²) < 4.78 is 0. The maximum atomic E-state index is 4.94. The molecule has 1 saturated carbocycles. The molecule has 2 atom stereocenters. The van der Waals surface area contributed by atoms with Crippen molar-refractivity contribution >= 4 is 5.96 Å². The Hall–Kier alpha value is -0.810. The van der Waals surface area contributed by atoms with Gasteiger partial charge in [0.1, 0.15) is 0 Å². The normalized spacial score (nSPS) is 30.1. The summed E-state index contributed by atoms with van der Waals surface area (Å²) in [5, 5.41) is 7.18. The van der Waals surface area contributed by atoms with Crippen LogP contribution in [-0.2, 0) is 0 Å². The molecule has 144 valence electrons. The molecule has 3 fully saturated rings. The van der Waals surface area contributed by atoms with Crippen LogP contribution in [0.5, 0.6) is 0 Å². The van der Waals surface area contributed by atoms with Gasteiger partial charge in [-0.15, -0.1) is 0 Å². The van der Waals surface area contributed by atoms with Crippen molar-refractivity contribution < 1.29 is 0 Å². The molecule has 0 aromatic rings. The molecule has 0 bridgehead atoms. The molecule has 2 saturated heterocycles. The van der Waals surface area contributed by atoms with Crippen molar-refractivity contribution in [2.45, 2.75) is 70.9 Å². The molecule has 2 unspecified atom stereocenters. The number of piperidine rings is 1. The van der Waals surface area contributed by atoms with E-state index in [-0.39, 0.29) is 0 Å². The van der Waals surface area contributed by atoms with E-state index in [4.69, 9.17) is 4.99 Å². The van der Waals surface area contributed by atoms with Crippen molar-refractivity contribution in [3.05, 3.63) is 0 Å².